The number of aryl methyl sites for hydroxylation is 2. The molecule has 0 spiro atoms. The fourth-order valence-corrected chi connectivity index (χ4v) is 2.21. The standard InChI is InChI=1S/C16H16N2O/c1-11-5-6-15-14(8-11)16(9-12(2)18-15)17-10-13-4-3-7-19-13/h3-9H,10H2,1-2H3,(H,17,18). The Balaban J connectivity index is 1.99. The van der Waals surface area contributed by atoms with Crippen LogP contribution in [0.15, 0.2) is 47.1 Å². The van der Waals surface area contributed by atoms with Gasteiger partial charge in [0.15, 0.2) is 0 Å². The Bertz CT molecular complexity index is 702. The van der Waals surface area contributed by atoms with Crippen LogP contribution < -0.4 is 5.32 Å². The molecular weight excluding hydrogens is 236 g/mol. The van der Waals surface area contributed by atoms with E-state index >= 15 is 0 Å². The lowest BCUT2D eigenvalue weighted by Crippen LogP contribution is -2.00. The largest absolute Gasteiger partial charge is 0.467 e. The molecule has 0 radical (unpaired) electrons. The molecule has 1 aromatic carbocycles. The summed E-state index contributed by atoms with van der Waals surface area (Å²) in [5.74, 6) is 0.926. The Labute approximate surface area is 112 Å². The van der Waals surface area contributed by atoms with E-state index < -0.39 is 0 Å². The van der Waals surface area contributed by atoms with Crippen LogP contribution >= 0.6 is 0 Å². The number of hydrogen-bond donors (Lipinski definition) is 1. The third-order valence-electron chi connectivity index (χ3n) is 3.13. The van der Waals surface area contributed by atoms with E-state index in [0.29, 0.717) is 6.54 Å². The van der Waals surface area contributed by atoms with Gasteiger partial charge in [-0.2, -0.15) is 0 Å². The molecule has 0 aliphatic rings. The molecule has 1 N–H and O–H groups in total. The van der Waals surface area contributed by atoms with E-state index in [2.05, 4.69) is 41.5 Å². The molecule has 0 atom stereocenters. The van der Waals surface area contributed by atoms with Gasteiger partial charge in [-0.25, -0.2) is 0 Å². The third kappa shape index (κ3) is 2.45. The molecule has 0 aliphatic carbocycles. The molecule has 96 valence electrons. The zero-order valence-corrected chi connectivity index (χ0v) is 11.1. The van der Waals surface area contributed by atoms with E-state index in [4.69, 9.17) is 4.42 Å². The van der Waals surface area contributed by atoms with E-state index in [1.165, 1.54) is 5.56 Å². The number of aromatic nitrogens is 1. The molecule has 0 fully saturated rings. The Hall–Kier alpha value is -2.29. The average molecular weight is 252 g/mol. The highest BCUT2D eigenvalue weighted by Gasteiger charge is 2.05. The Morgan fingerprint density at radius 3 is 2.84 bits per heavy atom. The number of pyridine rings is 1. The van der Waals surface area contributed by atoms with E-state index in [0.717, 1.165) is 28.0 Å². The summed E-state index contributed by atoms with van der Waals surface area (Å²) >= 11 is 0. The summed E-state index contributed by atoms with van der Waals surface area (Å²) in [6, 6.07) is 12.3. The number of furan rings is 1. The molecule has 19 heavy (non-hydrogen) atoms. The number of anilines is 1. The molecule has 2 heterocycles. The second-order valence-electron chi connectivity index (χ2n) is 4.76. The fourth-order valence-electron chi connectivity index (χ4n) is 2.21. The SMILES string of the molecule is Cc1ccc2nc(C)cc(NCc3ccco3)c2c1. The van der Waals surface area contributed by atoms with Crippen molar-refractivity contribution in [1.82, 2.24) is 4.98 Å². The van der Waals surface area contributed by atoms with Crippen LogP contribution in [0.5, 0.6) is 0 Å². The molecule has 0 saturated carbocycles. The van der Waals surface area contributed by atoms with Crippen molar-refractivity contribution < 1.29 is 4.42 Å². The molecule has 0 bridgehead atoms. The van der Waals surface area contributed by atoms with Crippen LogP contribution in [0.1, 0.15) is 17.0 Å². The fraction of sp³-hybridized carbons (Fsp3) is 0.188. The van der Waals surface area contributed by atoms with Gasteiger partial charge in [0.2, 0.25) is 0 Å². The summed E-state index contributed by atoms with van der Waals surface area (Å²) in [6.07, 6.45) is 1.69. The highest BCUT2D eigenvalue weighted by Crippen LogP contribution is 2.24. The van der Waals surface area contributed by atoms with Gasteiger partial charge < -0.3 is 9.73 Å². The summed E-state index contributed by atoms with van der Waals surface area (Å²) in [6.45, 7) is 4.78. The topological polar surface area (TPSA) is 38.1 Å². The maximum Gasteiger partial charge on any atom is 0.122 e. The average Bonchev–Trinajstić information content (AvgIpc) is 2.89. The lowest BCUT2D eigenvalue weighted by atomic mass is 10.1. The number of nitrogens with zero attached hydrogens (tertiary/aromatic N) is 1. The smallest absolute Gasteiger partial charge is 0.122 e. The van der Waals surface area contributed by atoms with Crippen molar-refractivity contribution in [1.29, 1.82) is 0 Å². The first-order chi connectivity index (χ1) is 9.22. The number of rotatable bonds is 3. The molecule has 3 nitrogen and oxygen atoms in total. The zero-order valence-electron chi connectivity index (χ0n) is 11.1. The van der Waals surface area contributed by atoms with Crippen molar-refractivity contribution in [2.24, 2.45) is 0 Å². The molecule has 0 unspecified atom stereocenters. The van der Waals surface area contributed by atoms with Crippen LogP contribution in [0.2, 0.25) is 0 Å². The second kappa shape index (κ2) is 4.76. The van der Waals surface area contributed by atoms with Crippen molar-refractivity contribution in [3.05, 3.63) is 59.7 Å². The van der Waals surface area contributed by atoms with Crippen LogP contribution in [0.4, 0.5) is 5.69 Å². The monoisotopic (exact) mass is 252 g/mol. The van der Waals surface area contributed by atoms with Gasteiger partial charge >= 0.3 is 0 Å². The van der Waals surface area contributed by atoms with Gasteiger partial charge in [-0.3, -0.25) is 4.98 Å². The van der Waals surface area contributed by atoms with Gasteiger partial charge in [-0.15, -0.1) is 0 Å². The minimum Gasteiger partial charge on any atom is -0.467 e. The maximum absolute atomic E-state index is 5.34. The first-order valence-electron chi connectivity index (χ1n) is 6.36. The van der Waals surface area contributed by atoms with Crippen LogP contribution in [0.25, 0.3) is 10.9 Å². The van der Waals surface area contributed by atoms with Crippen LogP contribution in [-0.2, 0) is 6.54 Å². The van der Waals surface area contributed by atoms with E-state index in [-0.39, 0.29) is 0 Å². The summed E-state index contributed by atoms with van der Waals surface area (Å²) in [4.78, 5) is 4.56. The predicted octanol–water partition coefficient (Wildman–Crippen LogP) is 4.06. The molecule has 0 saturated heterocycles. The minimum atomic E-state index is 0.680. The minimum absolute atomic E-state index is 0.680. The number of hydrogen-bond acceptors (Lipinski definition) is 3. The van der Waals surface area contributed by atoms with Gasteiger partial charge in [-0.1, -0.05) is 11.6 Å². The maximum atomic E-state index is 5.34. The van der Waals surface area contributed by atoms with Crippen molar-refractivity contribution in [2.45, 2.75) is 20.4 Å². The third-order valence-corrected chi connectivity index (χ3v) is 3.13. The Morgan fingerprint density at radius 1 is 1.16 bits per heavy atom. The van der Waals surface area contributed by atoms with Crippen molar-refractivity contribution in [3.8, 4) is 0 Å². The quantitative estimate of drug-likeness (QED) is 0.764. The highest BCUT2D eigenvalue weighted by molar-refractivity contribution is 5.91. The Kier molecular flexibility index (Phi) is 2.95. The molecule has 3 aromatic rings. The van der Waals surface area contributed by atoms with Gasteiger partial charge in [0.25, 0.3) is 0 Å². The zero-order chi connectivity index (χ0) is 13.2. The molecule has 2 aromatic heterocycles. The molecule has 3 heteroatoms. The Morgan fingerprint density at radius 2 is 2.05 bits per heavy atom. The second-order valence-corrected chi connectivity index (χ2v) is 4.76. The number of benzene rings is 1. The van der Waals surface area contributed by atoms with Gasteiger partial charge in [0.1, 0.15) is 5.76 Å². The predicted molar refractivity (Wildman–Crippen MR) is 77.3 cm³/mol. The summed E-state index contributed by atoms with van der Waals surface area (Å²) in [5, 5.41) is 4.57. The lowest BCUT2D eigenvalue weighted by Gasteiger charge is -2.10. The normalized spacial score (nSPS) is 10.8. The van der Waals surface area contributed by atoms with Crippen LogP contribution in [0, 0.1) is 13.8 Å². The molecular formula is C16H16N2O. The first-order valence-corrected chi connectivity index (χ1v) is 6.36. The summed E-state index contributed by atoms with van der Waals surface area (Å²) in [5.41, 5.74) is 4.37. The van der Waals surface area contributed by atoms with Crippen molar-refractivity contribution >= 4 is 16.6 Å². The van der Waals surface area contributed by atoms with Crippen molar-refractivity contribution in [3.63, 3.8) is 0 Å². The van der Waals surface area contributed by atoms with E-state index in [9.17, 15) is 0 Å². The first kappa shape index (κ1) is 11.8. The van der Waals surface area contributed by atoms with E-state index in [1.807, 2.05) is 19.1 Å². The van der Waals surface area contributed by atoms with Gasteiger partial charge in [-0.05, 0) is 44.2 Å². The molecule has 0 amide bonds. The van der Waals surface area contributed by atoms with Crippen LogP contribution in [-0.4, -0.2) is 4.98 Å². The van der Waals surface area contributed by atoms with E-state index in [1.54, 1.807) is 6.26 Å². The molecule has 3 rings (SSSR count). The van der Waals surface area contributed by atoms with Crippen molar-refractivity contribution in [2.75, 3.05) is 5.32 Å². The lowest BCUT2D eigenvalue weighted by molar-refractivity contribution is 0.518. The number of fused-ring (bicyclic) bond motifs is 1. The highest BCUT2D eigenvalue weighted by atomic mass is 16.3. The number of nitrogens with one attached hydrogen (secondary N) is 1. The summed E-state index contributed by atoms with van der Waals surface area (Å²) in [7, 11) is 0. The summed E-state index contributed by atoms with van der Waals surface area (Å²) < 4.78 is 5.34. The van der Waals surface area contributed by atoms with Gasteiger partial charge in [0.05, 0.1) is 18.3 Å². The van der Waals surface area contributed by atoms with Crippen LogP contribution in [0.3, 0.4) is 0 Å². The van der Waals surface area contributed by atoms with Gasteiger partial charge in [0, 0.05) is 16.8 Å². The molecule has 0 aliphatic heterocycles.